The lowest BCUT2D eigenvalue weighted by Crippen LogP contribution is -2.44. The molecule has 1 aromatic rings. The molecule has 3 rings (SSSR count). The smallest absolute Gasteiger partial charge is 0.232 e. The number of nitrogens with one attached hydrogen (secondary N) is 2. The minimum atomic E-state index is -0.222. The summed E-state index contributed by atoms with van der Waals surface area (Å²) in [6, 6.07) is 7.57. The van der Waals surface area contributed by atoms with E-state index in [9.17, 15) is 14.4 Å². The predicted octanol–water partition coefficient (Wildman–Crippen LogP) is 2.41. The summed E-state index contributed by atoms with van der Waals surface area (Å²) in [5.74, 6) is -0.135. The summed E-state index contributed by atoms with van der Waals surface area (Å²) in [6.45, 7) is 6.56. The van der Waals surface area contributed by atoms with Crippen LogP contribution in [0.5, 0.6) is 0 Å². The molecule has 2 N–H and O–H groups in total. The molecule has 1 saturated heterocycles. The number of likely N-dealkylation sites (tertiary alicyclic amines) is 1. The minimum Gasteiger partial charge on any atom is -0.351 e. The first-order valence-corrected chi connectivity index (χ1v) is 9.25. The molecule has 0 aromatic heterocycles. The van der Waals surface area contributed by atoms with Crippen molar-refractivity contribution in [1.29, 1.82) is 0 Å². The van der Waals surface area contributed by atoms with Crippen LogP contribution >= 0.6 is 0 Å². The number of rotatable bonds is 5. The molecule has 0 spiro atoms. The van der Waals surface area contributed by atoms with Crippen molar-refractivity contribution in [3.8, 4) is 0 Å². The number of nitrogens with zero attached hydrogens (tertiary/aromatic N) is 1. The lowest BCUT2D eigenvalue weighted by atomic mass is 9.95. The fraction of sp³-hybridized carbons (Fsp3) is 0.550. The van der Waals surface area contributed by atoms with Gasteiger partial charge in [0.25, 0.3) is 0 Å². The lowest BCUT2D eigenvalue weighted by molar-refractivity contribution is -0.131. The Morgan fingerprint density at radius 2 is 2.00 bits per heavy atom. The maximum atomic E-state index is 12.2. The highest BCUT2D eigenvalue weighted by atomic mass is 16.2. The zero-order chi connectivity index (χ0) is 18.9. The summed E-state index contributed by atoms with van der Waals surface area (Å²) in [7, 11) is 0. The van der Waals surface area contributed by atoms with Gasteiger partial charge in [-0.3, -0.25) is 14.4 Å². The maximum absolute atomic E-state index is 12.2. The number of fused-ring (bicyclic) bond motifs is 1. The van der Waals surface area contributed by atoms with E-state index in [2.05, 4.69) is 10.6 Å². The van der Waals surface area contributed by atoms with Crippen LogP contribution in [0.4, 0.5) is 5.69 Å². The van der Waals surface area contributed by atoms with E-state index >= 15 is 0 Å². The molecule has 6 nitrogen and oxygen atoms in total. The van der Waals surface area contributed by atoms with Crippen LogP contribution in [0.2, 0.25) is 0 Å². The van der Waals surface area contributed by atoms with E-state index in [0.29, 0.717) is 32.2 Å². The molecule has 2 aliphatic heterocycles. The summed E-state index contributed by atoms with van der Waals surface area (Å²) in [6.07, 6.45) is 2.02. The number of hydrogen-bond donors (Lipinski definition) is 2. The van der Waals surface area contributed by atoms with Gasteiger partial charge in [-0.1, -0.05) is 18.2 Å². The standard InChI is InChI=1S/C20H27N3O3/c1-20(2,3)23-12-13(11-18(23)25)21-17(24)10-6-8-15-14-7-4-5-9-16(14)22-19(15)26/h4-5,7,9,13,15H,6,8,10-12H2,1-3H3,(H,21,24)(H,22,26). The lowest BCUT2D eigenvalue weighted by Gasteiger charge is -2.32. The Morgan fingerprint density at radius 3 is 2.69 bits per heavy atom. The summed E-state index contributed by atoms with van der Waals surface area (Å²) >= 11 is 0. The van der Waals surface area contributed by atoms with Crippen molar-refractivity contribution in [1.82, 2.24) is 10.2 Å². The third-order valence-electron chi connectivity index (χ3n) is 5.11. The summed E-state index contributed by atoms with van der Waals surface area (Å²) in [5, 5.41) is 5.85. The molecular weight excluding hydrogens is 330 g/mol. The number of para-hydroxylation sites is 1. The Morgan fingerprint density at radius 1 is 1.27 bits per heavy atom. The van der Waals surface area contributed by atoms with Crippen LogP contribution in [0.15, 0.2) is 24.3 Å². The van der Waals surface area contributed by atoms with E-state index in [1.54, 1.807) is 0 Å². The van der Waals surface area contributed by atoms with Crippen molar-refractivity contribution in [3.05, 3.63) is 29.8 Å². The second-order valence-electron chi connectivity index (χ2n) is 8.17. The molecule has 0 saturated carbocycles. The van der Waals surface area contributed by atoms with Gasteiger partial charge in [0.05, 0.1) is 12.0 Å². The van der Waals surface area contributed by atoms with Crippen LogP contribution in [0.1, 0.15) is 57.9 Å². The molecule has 6 heteroatoms. The first-order chi connectivity index (χ1) is 12.3. The first-order valence-electron chi connectivity index (χ1n) is 9.25. The van der Waals surface area contributed by atoms with Gasteiger partial charge < -0.3 is 15.5 Å². The predicted molar refractivity (Wildman–Crippen MR) is 99.7 cm³/mol. The van der Waals surface area contributed by atoms with Crippen LogP contribution in [-0.4, -0.2) is 40.7 Å². The van der Waals surface area contributed by atoms with Crippen LogP contribution in [0, 0.1) is 0 Å². The zero-order valence-corrected chi connectivity index (χ0v) is 15.7. The Kier molecular flexibility index (Phi) is 5.03. The normalized spacial score (nSPS) is 22.3. The van der Waals surface area contributed by atoms with E-state index in [-0.39, 0.29) is 35.2 Å². The van der Waals surface area contributed by atoms with Crippen molar-refractivity contribution in [3.63, 3.8) is 0 Å². The largest absolute Gasteiger partial charge is 0.351 e. The number of hydrogen-bond acceptors (Lipinski definition) is 3. The third kappa shape index (κ3) is 3.89. The van der Waals surface area contributed by atoms with Gasteiger partial charge in [0, 0.05) is 30.6 Å². The molecule has 1 aromatic carbocycles. The molecule has 2 aliphatic rings. The second-order valence-corrected chi connectivity index (χ2v) is 8.17. The summed E-state index contributed by atoms with van der Waals surface area (Å²) in [4.78, 5) is 38.2. The van der Waals surface area contributed by atoms with Crippen LogP contribution in [0.25, 0.3) is 0 Å². The van der Waals surface area contributed by atoms with Gasteiger partial charge >= 0.3 is 0 Å². The Balaban J connectivity index is 1.46. The Hall–Kier alpha value is -2.37. The van der Waals surface area contributed by atoms with Crippen molar-refractivity contribution in [2.24, 2.45) is 0 Å². The van der Waals surface area contributed by atoms with Crippen LogP contribution in [0.3, 0.4) is 0 Å². The highest BCUT2D eigenvalue weighted by Crippen LogP contribution is 2.35. The number of carbonyl (C=O) groups excluding carboxylic acids is 3. The van der Waals surface area contributed by atoms with E-state index < -0.39 is 0 Å². The minimum absolute atomic E-state index is 0.00816. The SMILES string of the molecule is CC(C)(C)N1CC(NC(=O)CCCC2C(=O)Nc3ccccc32)CC1=O. The van der Waals surface area contributed by atoms with Gasteiger partial charge in [0.2, 0.25) is 17.7 Å². The molecule has 2 unspecified atom stereocenters. The van der Waals surface area contributed by atoms with Crippen molar-refractivity contribution >= 4 is 23.4 Å². The first kappa shape index (κ1) is 18.4. The Labute approximate surface area is 154 Å². The number of anilines is 1. The molecule has 0 radical (unpaired) electrons. The highest BCUT2D eigenvalue weighted by Gasteiger charge is 2.36. The molecule has 3 amide bonds. The average Bonchev–Trinajstić information content (AvgIpc) is 3.07. The second kappa shape index (κ2) is 7.09. The van der Waals surface area contributed by atoms with Crippen molar-refractivity contribution < 1.29 is 14.4 Å². The molecule has 1 fully saturated rings. The van der Waals surface area contributed by atoms with Gasteiger partial charge in [-0.2, -0.15) is 0 Å². The van der Waals surface area contributed by atoms with E-state index in [1.807, 2.05) is 49.9 Å². The zero-order valence-electron chi connectivity index (χ0n) is 15.7. The number of carbonyl (C=O) groups is 3. The van der Waals surface area contributed by atoms with Gasteiger partial charge in [0.1, 0.15) is 0 Å². The van der Waals surface area contributed by atoms with E-state index in [4.69, 9.17) is 0 Å². The molecular formula is C20H27N3O3. The Bertz CT molecular complexity index is 723. The maximum Gasteiger partial charge on any atom is 0.232 e. The third-order valence-corrected chi connectivity index (χ3v) is 5.11. The summed E-state index contributed by atoms with van der Waals surface area (Å²) < 4.78 is 0. The van der Waals surface area contributed by atoms with Crippen LogP contribution in [-0.2, 0) is 14.4 Å². The molecule has 0 aliphatic carbocycles. The van der Waals surface area contributed by atoms with Crippen molar-refractivity contribution in [2.45, 2.75) is 64.0 Å². The molecule has 2 atom stereocenters. The number of benzene rings is 1. The molecule has 0 bridgehead atoms. The van der Waals surface area contributed by atoms with Gasteiger partial charge in [-0.15, -0.1) is 0 Å². The fourth-order valence-corrected chi connectivity index (χ4v) is 3.78. The molecule has 26 heavy (non-hydrogen) atoms. The van der Waals surface area contributed by atoms with Gasteiger partial charge in [-0.25, -0.2) is 0 Å². The van der Waals surface area contributed by atoms with Gasteiger partial charge in [-0.05, 0) is 45.2 Å². The number of amides is 3. The van der Waals surface area contributed by atoms with E-state index in [1.165, 1.54) is 0 Å². The molecule has 140 valence electrons. The van der Waals surface area contributed by atoms with Crippen LogP contribution < -0.4 is 10.6 Å². The molecule has 2 heterocycles. The van der Waals surface area contributed by atoms with E-state index in [0.717, 1.165) is 11.3 Å². The van der Waals surface area contributed by atoms with Crippen molar-refractivity contribution in [2.75, 3.05) is 11.9 Å². The monoisotopic (exact) mass is 357 g/mol. The average molecular weight is 357 g/mol. The van der Waals surface area contributed by atoms with Gasteiger partial charge in [0.15, 0.2) is 0 Å². The summed E-state index contributed by atoms with van der Waals surface area (Å²) in [5.41, 5.74) is 1.67. The fourth-order valence-electron chi connectivity index (χ4n) is 3.78. The quantitative estimate of drug-likeness (QED) is 0.849. The highest BCUT2D eigenvalue weighted by molar-refractivity contribution is 6.02. The topological polar surface area (TPSA) is 78.5 Å².